The van der Waals surface area contributed by atoms with Crippen molar-refractivity contribution in [2.45, 2.75) is 6.42 Å². The van der Waals surface area contributed by atoms with Crippen LogP contribution in [-0.2, 0) is 6.42 Å². The van der Waals surface area contributed by atoms with E-state index in [0.717, 1.165) is 17.5 Å². The molecule has 7 heteroatoms. The van der Waals surface area contributed by atoms with Gasteiger partial charge in [-0.05, 0) is 18.1 Å². The molecule has 4 N–H and O–H groups in total. The molecule has 0 spiro atoms. The molecular formula is C13H16FN5O. The molecule has 1 aromatic carbocycles. The summed E-state index contributed by atoms with van der Waals surface area (Å²) in [5.41, 5.74) is 3.31. The van der Waals surface area contributed by atoms with Crippen LogP contribution in [0.5, 0.6) is 5.75 Å². The summed E-state index contributed by atoms with van der Waals surface area (Å²) in [7, 11) is 1.62. The third kappa shape index (κ3) is 3.33. The van der Waals surface area contributed by atoms with Crippen LogP contribution < -0.4 is 21.3 Å². The number of anilines is 2. The van der Waals surface area contributed by atoms with Crippen LogP contribution in [0.1, 0.15) is 5.56 Å². The second-order valence-electron chi connectivity index (χ2n) is 4.02. The van der Waals surface area contributed by atoms with Gasteiger partial charge in [-0.25, -0.2) is 15.2 Å². The molecule has 2 rings (SSSR count). The number of aromatic nitrogens is 2. The third-order valence-corrected chi connectivity index (χ3v) is 2.75. The van der Waals surface area contributed by atoms with E-state index in [2.05, 4.69) is 20.7 Å². The normalized spacial score (nSPS) is 10.2. The first-order valence-corrected chi connectivity index (χ1v) is 6.09. The molecule has 0 saturated heterocycles. The molecule has 106 valence electrons. The highest BCUT2D eigenvalue weighted by Gasteiger charge is 2.06. The van der Waals surface area contributed by atoms with E-state index in [-0.39, 0.29) is 11.8 Å². The van der Waals surface area contributed by atoms with Gasteiger partial charge in [0.25, 0.3) is 0 Å². The summed E-state index contributed by atoms with van der Waals surface area (Å²) in [5.74, 6) is 5.74. The number of rotatable bonds is 6. The predicted molar refractivity (Wildman–Crippen MR) is 75.0 cm³/mol. The van der Waals surface area contributed by atoms with Gasteiger partial charge in [0.1, 0.15) is 5.75 Å². The third-order valence-electron chi connectivity index (χ3n) is 2.75. The molecule has 0 atom stereocenters. The Hall–Kier alpha value is -2.41. The van der Waals surface area contributed by atoms with Crippen LogP contribution in [0.15, 0.2) is 30.5 Å². The topological polar surface area (TPSA) is 85.1 Å². The Labute approximate surface area is 116 Å². The van der Waals surface area contributed by atoms with Crippen LogP contribution in [0.25, 0.3) is 0 Å². The zero-order valence-electron chi connectivity index (χ0n) is 11.1. The number of benzene rings is 1. The van der Waals surface area contributed by atoms with Gasteiger partial charge in [-0.3, -0.25) is 5.43 Å². The Morgan fingerprint density at radius 1 is 1.35 bits per heavy atom. The van der Waals surface area contributed by atoms with Crippen molar-refractivity contribution in [3.8, 4) is 5.75 Å². The lowest BCUT2D eigenvalue weighted by atomic mass is 10.1. The van der Waals surface area contributed by atoms with Crippen LogP contribution in [0, 0.1) is 5.82 Å². The number of halogens is 1. The Morgan fingerprint density at radius 2 is 2.15 bits per heavy atom. The minimum Gasteiger partial charge on any atom is -0.496 e. The highest BCUT2D eigenvalue weighted by Crippen LogP contribution is 2.18. The molecule has 2 aromatic rings. The maximum atomic E-state index is 13.5. The van der Waals surface area contributed by atoms with Crippen molar-refractivity contribution in [2.24, 2.45) is 5.84 Å². The van der Waals surface area contributed by atoms with E-state index in [4.69, 9.17) is 10.6 Å². The lowest BCUT2D eigenvalue weighted by Crippen LogP contribution is -2.14. The second-order valence-corrected chi connectivity index (χ2v) is 4.02. The van der Waals surface area contributed by atoms with Gasteiger partial charge in [-0.1, -0.05) is 18.2 Å². The first kappa shape index (κ1) is 14.0. The number of nitrogens with two attached hydrogens (primary N) is 1. The maximum absolute atomic E-state index is 13.5. The first-order chi connectivity index (χ1) is 9.74. The molecule has 0 aliphatic heterocycles. The fourth-order valence-corrected chi connectivity index (χ4v) is 1.79. The minimum atomic E-state index is -0.524. The van der Waals surface area contributed by atoms with Gasteiger partial charge < -0.3 is 10.1 Å². The van der Waals surface area contributed by atoms with Crippen molar-refractivity contribution in [1.82, 2.24) is 9.97 Å². The SMILES string of the molecule is COc1ccccc1CCNc1nc(NN)ncc1F. The molecule has 20 heavy (non-hydrogen) atoms. The highest BCUT2D eigenvalue weighted by atomic mass is 19.1. The van der Waals surface area contributed by atoms with Crippen LogP contribution in [0.2, 0.25) is 0 Å². The average molecular weight is 277 g/mol. The maximum Gasteiger partial charge on any atom is 0.239 e. The van der Waals surface area contributed by atoms with E-state index in [0.29, 0.717) is 13.0 Å². The summed E-state index contributed by atoms with van der Waals surface area (Å²) in [4.78, 5) is 7.57. The largest absolute Gasteiger partial charge is 0.496 e. The van der Waals surface area contributed by atoms with E-state index >= 15 is 0 Å². The van der Waals surface area contributed by atoms with Crippen molar-refractivity contribution < 1.29 is 9.13 Å². The smallest absolute Gasteiger partial charge is 0.239 e. The fraction of sp³-hybridized carbons (Fsp3) is 0.231. The van der Waals surface area contributed by atoms with Crippen molar-refractivity contribution in [1.29, 1.82) is 0 Å². The molecule has 0 aliphatic carbocycles. The lowest BCUT2D eigenvalue weighted by Gasteiger charge is -2.10. The van der Waals surface area contributed by atoms with Gasteiger partial charge in [0, 0.05) is 6.54 Å². The average Bonchev–Trinajstić information content (AvgIpc) is 2.49. The Kier molecular flexibility index (Phi) is 4.67. The van der Waals surface area contributed by atoms with Gasteiger partial charge in [0.2, 0.25) is 5.95 Å². The standard InChI is InChI=1S/C13H16FN5O/c1-20-11-5-3-2-4-9(11)6-7-16-12-10(14)8-17-13(18-12)19-15/h2-5,8H,6-7,15H2,1H3,(H2,16,17,18,19). The predicted octanol–water partition coefficient (Wildman–Crippen LogP) is 1.56. The van der Waals surface area contributed by atoms with Crippen molar-refractivity contribution in [3.63, 3.8) is 0 Å². The highest BCUT2D eigenvalue weighted by molar-refractivity contribution is 5.41. The second kappa shape index (κ2) is 6.67. The van der Waals surface area contributed by atoms with Crippen LogP contribution in [0.4, 0.5) is 16.2 Å². The van der Waals surface area contributed by atoms with E-state index in [1.165, 1.54) is 0 Å². The van der Waals surface area contributed by atoms with Crippen LogP contribution in [-0.4, -0.2) is 23.6 Å². The van der Waals surface area contributed by atoms with Gasteiger partial charge in [0.05, 0.1) is 13.3 Å². The molecule has 0 radical (unpaired) electrons. The van der Waals surface area contributed by atoms with Crippen molar-refractivity contribution >= 4 is 11.8 Å². The van der Waals surface area contributed by atoms with Crippen molar-refractivity contribution in [2.75, 3.05) is 24.4 Å². The summed E-state index contributed by atoms with van der Waals surface area (Å²) in [5, 5.41) is 2.91. The van der Waals surface area contributed by atoms with E-state index < -0.39 is 5.82 Å². The minimum absolute atomic E-state index is 0.114. The quantitative estimate of drug-likeness (QED) is 0.549. The fourth-order valence-electron chi connectivity index (χ4n) is 1.79. The molecule has 0 unspecified atom stereocenters. The molecule has 0 fully saturated rings. The van der Waals surface area contributed by atoms with E-state index in [1.807, 2.05) is 24.3 Å². The van der Waals surface area contributed by atoms with Gasteiger partial charge >= 0.3 is 0 Å². The van der Waals surface area contributed by atoms with E-state index in [1.54, 1.807) is 7.11 Å². The van der Waals surface area contributed by atoms with Gasteiger partial charge in [-0.15, -0.1) is 0 Å². The van der Waals surface area contributed by atoms with Crippen LogP contribution in [0.3, 0.4) is 0 Å². The molecule has 0 bridgehead atoms. The molecular weight excluding hydrogens is 261 g/mol. The Morgan fingerprint density at radius 3 is 2.90 bits per heavy atom. The summed E-state index contributed by atoms with van der Waals surface area (Å²) in [6.45, 7) is 0.512. The van der Waals surface area contributed by atoms with Gasteiger partial charge in [0.15, 0.2) is 11.6 Å². The number of nitrogen functional groups attached to an aromatic ring is 1. The summed E-state index contributed by atoms with van der Waals surface area (Å²) in [6, 6.07) is 7.68. The molecule has 6 nitrogen and oxygen atoms in total. The summed E-state index contributed by atoms with van der Waals surface area (Å²) < 4.78 is 18.8. The molecule has 0 aliphatic rings. The monoisotopic (exact) mass is 277 g/mol. The van der Waals surface area contributed by atoms with Crippen LogP contribution >= 0.6 is 0 Å². The Bertz CT molecular complexity index is 578. The number of ether oxygens (including phenoxy) is 1. The number of hydrogen-bond acceptors (Lipinski definition) is 6. The van der Waals surface area contributed by atoms with E-state index in [9.17, 15) is 4.39 Å². The Balaban J connectivity index is 1.99. The van der Waals surface area contributed by atoms with Crippen molar-refractivity contribution in [3.05, 3.63) is 41.8 Å². The molecule has 0 amide bonds. The molecule has 1 heterocycles. The van der Waals surface area contributed by atoms with Gasteiger partial charge in [-0.2, -0.15) is 4.98 Å². The number of nitrogens with zero attached hydrogens (tertiary/aromatic N) is 2. The zero-order chi connectivity index (χ0) is 14.4. The number of hydrogen-bond donors (Lipinski definition) is 3. The lowest BCUT2D eigenvalue weighted by molar-refractivity contribution is 0.410. The zero-order valence-corrected chi connectivity index (χ0v) is 11.1. The summed E-state index contributed by atoms with van der Waals surface area (Å²) in [6.07, 6.45) is 1.74. The number of nitrogens with one attached hydrogen (secondary N) is 2. The molecule has 0 saturated carbocycles. The number of hydrazine groups is 1. The molecule has 1 aromatic heterocycles. The summed E-state index contributed by atoms with van der Waals surface area (Å²) >= 11 is 0. The first-order valence-electron chi connectivity index (χ1n) is 6.09. The number of para-hydroxylation sites is 1. The number of methoxy groups -OCH3 is 1.